The Bertz CT molecular complexity index is 743. The number of aromatic amines is 1. The fourth-order valence-corrected chi connectivity index (χ4v) is 2.06. The first-order valence-electron chi connectivity index (χ1n) is 5.82. The summed E-state index contributed by atoms with van der Waals surface area (Å²) in [5.74, 6) is 0. The predicted molar refractivity (Wildman–Crippen MR) is 68.9 cm³/mol. The van der Waals surface area contributed by atoms with Crippen LogP contribution in [0.3, 0.4) is 0 Å². The molecule has 0 unspecified atom stereocenters. The molecule has 0 spiro atoms. The minimum atomic E-state index is -0.204. The average molecular weight is 240 g/mol. The van der Waals surface area contributed by atoms with E-state index in [0.717, 1.165) is 17.8 Å². The summed E-state index contributed by atoms with van der Waals surface area (Å²) < 4.78 is 1.78. The molecular weight excluding hydrogens is 228 g/mol. The highest BCUT2D eigenvalue weighted by Crippen LogP contribution is 2.17. The molecule has 2 heterocycles. The Morgan fingerprint density at radius 2 is 2.00 bits per heavy atom. The second-order valence-electron chi connectivity index (χ2n) is 3.98. The Balaban J connectivity index is 2.37. The van der Waals surface area contributed by atoms with Crippen LogP contribution in [0.25, 0.3) is 16.7 Å². The van der Waals surface area contributed by atoms with E-state index in [4.69, 9.17) is 0 Å². The van der Waals surface area contributed by atoms with Crippen molar-refractivity contribution in [3.63, 3.8) is 0 Å². The van der Waals surface area contributed by atoms with Gasteiger partial charge in [-0.25, -0.2) is 9.67 Å². The third-order valence-electron chi connectivity index (χ3n) is 2.89. The van der Waals surface area contributed by atoms with Gasteiger partial charge < -0.3 is 4.98 Å². The summed E-state index contributed by atoms with van der Waals surface area (Å²) in [6, 6.07) is 9.75. The minimum absolute atomic E-state index is 0.204. The SMILES string of the molecule is CCc1c2nc[nH]c(=O)c2nn1-c1ccccc1. The van der Waals surface area contributed by atoms with Crippen molar-refractivity contribution in [3.8, 4) is 5.69 Å². The molecule has 18 heavy (non-hydrogen) atoms. The quantitative estimate of drug-likeness (QED) is 0.741. The lowest BCUT2D eigenvalue weighted by Crippen LogP contribution is -2.06. The van der Waals surface area contributed by atoms with Crippen molar-refractivity contribution in [2.45, 2.75) is 13.3 Å². The Kier molecular flexibility index (Phi) is 2.44. The number of nitrogens with one attached hydrogen (secondary N) is 1. The van der Waals surface area contributed by atoms with Gasteiger partial charge in [0.05, 0.1) is 17.7 Å². The van der Waals surface area contributed by atoms with E-state index in [0.29, 0.717) is 11.0 Å². The molecule has 0 radical (unpaired) electrons. The maximum absolute atomic E-state index is 11.7. The fraction of sp³-hybridized carbons (Fsp3) is 0.154. The molecule has 1 N–H and O–H groups in total. The van der Waals surface area contributed by atoms with Gasteiger partial charge in [0.1, 0.15) is 5.52 Å². The van der Waals surface area contributed by atoms with Crippen molar-refractivity contribution in [1.82, 2.24) is 19.7 Å². The zero-order valence-corrected chi connectivity index (χ0v) is 9.92. The Labute approximate surface area is 103 Å². The largest absolute Gasteiger partial charge is 0.311 e. The van der Waals surface area contributed by atoms with Gasteiger partial charge in [0.25, 0.3) is 5.56 Å². The minimum Gasteiger partial charge on any atom is -0.311 e. The number of para-hydroxylation sites is 1. The molecule has 0 aliphatic rings. The monoisotopic (exact) mass is 240 g/mol. The first kappa shape index (κ1) is 10.7. The molecule has 0 atom stereocenters. The van der Waals surface area contributed by atoms with Crippen LogP contribution in [0, 0.1) is 0 Å². The first-order chi connectivity index (χ1) is 8.81. The van der Waals surface area contributed by atoms with Gasteiger partial charge in [0.15, 0.2) is 5.52 Å². The third kappa shape index (κ3) is 1.52. The van der Waals surface area contributed by atoms with Crippen LogP contribution in [0.2, 0.25) is 0 Å². The molecule has 0 saturated heterocycles. The highest BCUT2D eigenvalue weighted by Gasteiger charge is 2.14. The molecule has 2 aromatic heterocycles. The van der Waals surface area contributed by atoms with Crippen LogP contribution in [0.5, 0.6) is 0 Å². The second kappa shape index (κ2) is 4.10. The van der Waals surface area contributed by atoms with Gasteiger partial charge >= 0.3 is 0 Å². The molecule has 1 aromatic carbocycles. The summed E-state index contributed by atoms with van der Waals surface area (Å²) >= 11 is 0. The van der Waals surface area contributed by atoms with Crippen LogP contribution in [-0.2, 0) is 6.42 Å². The number of fused-ring (bicyclic) bond motifs is 1. The van der Waals surface area contributed by atoms with Gasteiger partial charge in [-0.05, 0) is 18.6 Å². The number of benzene rings is 1. The molecule has 0 saturated carbocycles. The van der Waals surface area contributed by atoms with E-state index in [1.807, 2.05) is 37.3 Å². The zero-order valence-electron chi connectivity index (χ0n) is 9.92. The summed E-state index contributed by atoms with van der Waals surface area (Å²) in [4.78, 5) is 18.5. The number of H-pyrrole nitrogens is 1. The van der Waals surface area contributed by atoms with Crippen molar-refractivity contribution in [3.05, 3.63) is 52.7 Å². The number of aromatic nitrogens is 4. The second-order valence-corrected chi connectivity index (χ2v) is 3.98. The van der Waals surface area contributed by atoms with Crippen LogP contribution in [0.4, 0.5) is 0 Å². The lowest BCUT2D eigenvalue weighted by atomic mass is 10.2. The van der Waals surface area contributed by atoms with Gasteiger partial charge in [0.2, 0.25) is 0 Å². The average Bonchev–Trinajstić information content (AvgIpc) is 2.80. The molecule has 0 aliphatic carbocycles. The predicted octanol–water partition coefficient (Wildman–Crippen LogP) is 1.67. The van der Waals surface area contributed by atoms with E-state index in [1.54, 1.807) is 4.68 Å². The topological polar surface area (TPSA) is 63.6 Å². The van der Waals surface area contributed by atoms with Crippen LogP contribution < -0.4 is 5.56 Å². The van der Waals surface area contributed by atoms with Gasteiger partial charge in [-0.15, -0.1) is 0 Å². The highest BCUT2D eigenvalue weighted by atomic mass is 16.1. The Morgan fingerprint density at radius 1 is 1.22 bits per heavy atom. The number of hydrogen-bond acceptors (Lipinski definition) is 3. The summed E-state index contributed by atoms with van der Waals surface area (Å²) in [6.45, 7) is 2.03. The van der Waals surface area contributed by atoms with Gasteiger partial charge in [-0.1, -0.05) is 25.1 Å². The smallest absolute Gasteiger partial charge is 0.279 e. The maximum Gasteiger partial charge on any atom is 0.279 e. The number of hydrogen-bond donors (Lipinski definition) is 1. The van der Waals surface area contributed by atoms with Crippen LogP contribution in [0.15, 0.2) is 41.5 Å². The van der Waals surface area contributed by atoms with Crippen molar-refractivity contribution in [2.24, 2.45) is 0 Å². The van der Waals surface area contributed by atoms with E-state index in [2.05, 4.69) is 15.1 Å². The summed E-state index contributed by atoms with van der Waals surface area (Å²) in [7, 11) is 0. The standard InChI is InChI=1S/C13H12N4O/c1-2-10-11-12(13(18)15-8-14-11)16-17(10)9-6-4-3-5-7-9/h3-8H,2H2,1H3,(H,14,15,18). The van der Waals surface area contributed by atoms with Crippen LogP contribution in [-0.4, -0.2) is 19.7 Å². The Morgan fingerprint density at radius 3 is 2.72 bits per heavy atom. The summed E-state index contributed by atoms with van der Waals surface area (Å²) in [5, 5.41) is 4.36. The Hall–Kier alpha value is -2.43. The van der Waals surface area contributed by atoms with Crippen LogP contribution in [0.1, 0.15) is 12.6 Å². The lowest BCUT2D eigenvalue weighted by molar-refractivity contribution is 0.824. The van der Waals surface area contributed by atoms with Gasteiger partial charge in [0, 0.05) is 0 Å². The molecule has 90 valence electrons. The highest BCUT2D eigenvalue weighted by molar-refractivity contribution is 5.76. The molecule has 0 aliphatic heterocycles. The van der Waals surface area contributed by atoms with Crippen molar-refractivity contribution >= 4 is 11.0 Å². The summed E-state index contributed by atoms with van der Waals surface area (Å²) in [6.07, 6.45) is 2.18. The number of nitrogens with zero attached hydrogens (tertiary/aromatic N) is 3. The molecule has 5 heteroatoms. The van der Waals surface area contributed by atoms with E-state index in [9.17, 15) is 4.79 Å². The van der Waals surface area contributed by atoms with Gasteiger partial charge in [-0.3, -0.25) is 4.79 Å². The summed E-state index contributed by atoms with van der Waals surface area (Å²) in [5.41, 5.74) is 2.74. The molecule has 0 fully saturated rings. The van der Waals surface area contributed by atoms with E-state index in [-0.39, 0.29) is 5.56 Å². The van der Waals surface area contributed by atoms with E-state index in [1.165, 1.54) is 6.33 Å². The molecule has 3 aromatic rings. The van der Waals surface area contributed by atoms with E-state index < -0.39 is 0 Å². The number of rotatable bonds is 2. The van der Waals surface area contributed by atoms with Crippen molar-refractivity contribution < 1.29 is 0 Å². The molecular formula is C13H12N4O. The lowest BCUT2D eigenvalue weighted by Gasteiger charge is -2.04. The molecule has 3 rings (SSSR count). The fourth-order valence-electron chi connectivity index (χ4n) is 2.06. The molecule has 0 bridgehead atoms. The maximum atomic E-state index is 11.7. The van der Waals surface area contributed by atoms with Crippen molar-refractivity contribution in [2.75, 3.05) is 0 Å². The third-order valence-corrected chi connectivity index (χ3v) is 2.89. The normalized spacial score (nSPS) is 10.9. The first-order valence-corrected chi connectivity index (χ1v) is 5.82. The molecule has 0 amide bonds. The zero-order chi connectivity index (χ0) is 12.5. The van der Waals surface area contributed by atoms with E-state index >= 15 is 0 Å². The van der Waals surface area contributed by atoms with Gasteiger partial charge in [-0.2, -0.15) is 5.10 Å². The number of aryl methyl sites for hydroxylation is 1. The van der Waals surface area contributed by atoms with Crippen molar-refractivity contribution in [1.29, 1.82) is 0 Å². The van der Waals surface area contributed by atoms with Crippen LogP contribution >= 0.6 is 0 Å². The molecule has 5 nitrogen and oxygen atoms in total.